The summed E-state index contributed by atoms with van der Waals surface area (Å²) < 4.78 is 5.64. The Bertz CT molecular complexity index is 441. The molecular weight excluding hydrogens is 320 g/mol. The Balaban J connectivity index is 2.05. The molecule has 1 fully saturated rings. The summed E-state index contributed by atoms with van der Waals surface area (Å²) in [5, 5.41) is 19.1. The highest BCUT2D eigenvalue weighted by molar-refractivity contribution is 5.64. The van der Waals surface area contributed by atoms with Crippen LogP contribution in [0, 0.1) is 0 Å². The molecule has 1 saturated heterocycles. The summed E-state index contributed by atoms with van der Waals surface area (Å²) in [6.07, 6.45) is 19.7. The van der Waals surface area contributed by atoms with Gasteiger partial charge in [0.05, 0.1) is 12.2 Å². The topological polar surface area (TPSA) is 82.1 Å². The third kappa shape index (κ3) is 11.7. The van der Waals surface area contributed by atoms with E-state index in [1.165, 1.54) is 25.7 Å². The molecule has 0 unspecified atom stereocenters. The molecule has 0 aromatic heterocycles. The van der Waals surface area contributed by atoms with Crippen LogP contribution in [0.1, 0.15) is 64.7 Å². The summed E-state index contributed by atoms with van der Waals surface area (Å²) in [5.41, 5.74) is 0. The minimum Gasteiger partial charge on any atom is -0.550 e. The quantitative estimate of drug-likeness (QED) is 0.122. The van der Waals surface area contributed by atoms with Gasteiger partial charge in [-0.05, 0) is 38.5 Å². The van der Waals surface area contributed by atoms with E-state index in [2.05, 4.69) is 24.0 Å². The molecule has 5 heteroatoms. The molecule has 1 rings (SSSR count). The van der Waals surface area contributed by atoms with Crippen LogP contribution in [0.2, 0.25) is 0 Å². The fourth-order valence-corrected chi connectivity index (χ4v) is 2.62. The number of hydrogen-bond acceptors (Lipinski definition) is 5. The standard InChI is InChI=1S/C20H32O5/c1-2-3-8-14-18-19(24-18)15-10-7-5-4-6-9-12-17(25-23)13-11-16-20(21)22/h4,6-7,9-10,12,17-19,23H,2-3,5,8,11,13-16H2,1H3,(H,21,22)/p-1/b6-4-,10-7-,12-9+/t17-,18+,19-/m1/s1. The zero-order chi connectivity index (χ0) is 18.3. The highest BCUT2D eigenvalue weighted by Gasteiger charge is 2.36. The Kier molecular flexibility index (Phi) is 11.9. The third-order valence-electron chi connectivity index (χ3n) is 4.16. The van der Waals surface area contributed by atoms with E-state index in [1.807, 2.05) is 12.2 Å². The van der Waals surface area contributed by atoms with Crippen LogP contribution >= 0.6 is 0 Å². The zero-order valence-electron chi connectivity index (χ0n) is 15.1. The zero-order valence-corrected chi connectivity index (χ0v) is 15.1. The summed E-state index contributed by atoms with van der Waals surface area (Å²) in [6, 6.07) is 0. The number of allylic oxidation sites excluding steroid dienone is 4. The Hall–Kier alpha value is -1.43. The average Bonchev–Trinajstić information content (AvgIpc) is 3.33. The van der Waals surface area contributed by atoms with Gasteiger partial charge in [0.25, 0.3) is 0 Å². The molecule has 3 atom stereocenters. The van der Waals surface area contributed by atoms with E-state index in [0.29, 0.717) is 25.0 Å². The summed E-state index contributed by atoms with van der Waals surface area (Å²) in [5.74, 6) is -1.09. The van der Waals surface area contributed by atoms with Crippen LogP contribution in [0.4, 0.5) is 0 Å². The number of unbranched alkanes of at least 4 members (excludes halogenated alkanes) is 2. The molecule has 0 spiro atoms. The number of rotatable bonds is 15. The fourth-order valence-electron chi connectivity index (χ4n) is 2.62. The van der Waals surface area contributed by atoms with Crippen LogP contribution in [0.5, 0.6) is 0 Å². The minimum atomic E-state index is -1.09. The maximum absolute atomic E-state index is 10.3. The van der Waals surface area contributed by atoms with Gasteiger partial charge in [-0.25, -0.2) is 4.89 Å². The Morgan fingerprint density at radius 3 is 2.76 bits per heavy atom. The van der Waals surface area contributed by atoms with Crippen LogP contribution in [0.25, 0.3) is 0 Å². The van der Waals surface area contributed by atoms with Crippen molar-refractivity contribution in [2.24, 2.45) is 0 Å². The molecule has 0 radical (unpaired) electrons. The predicted molar refractivity (Wildman–Crippen MR) is 95.8 cm³/mol. The summed E-state index contributed by atoms with van der Waals surface area (Å²) in [6.45, 7) is 2.21. The van der Waals surface area contributed by atoms with E-state index in [-0.39, 0.29) is 6.42 Å². The minimum absolute atomic E-state index is 0.0293. The van der Waals surface area contributed by atoms with Crippen molar-refractivity contribution >= 4 is 5.97 Å². The number of carbonyl (C=O) groups is 1. The first-order chi connectivity index (χ1) is 12.2. The number of carboxylic acid groups (broad SMARTS) is 1. The van der Waals surface area contributed by atoms with E-state index in [9.17, 15) is 9.90 Å². The number of carbonyl (C=O) groups excluding carboxylic acids is 1. The highest BCUT2D eigenvalue weighted by Crippen LogP contribution is 2.30. The van der Waals surface area contributed by atoms with Gasteiger partial charge in [0, 0.05) is 5.97 Å². The fraction of sp³-hybridized carbons (Fsp3) is 0.650. The van der Waals surface area contributed by atoms with Gasteiger partial charge in [-0.3, -0.25) is 5.26 Å². The summed E-state index contributed by atoms with van der Waals surface area (Å²) >= 11 is 0. The Labute approximate surface area is 151 Å². The second kappa shape index (κ2) is 13.8. The molecule has 0 aliphatic carbocycles. The number of hydrogen-bond donors (Lipinski definition) is 1. The maximum atomic E-state index is 10.3. The van der Waals surface area contributed by atoms with Crippen molar-refractivity contribution < 1.29 is 24.8 Å². The molecule has 25 heavy (non-hydrogen) atoms. The molecule has 1 N–H and O–H groups in total. The smallest absolute Gasteiger partial charge is 0.111 e. The number of ether oxygens (including phenoxy) is 1. The monoisotopic (exact) mass is 351 g/mol. The van der Waals surface area contributed by atoms with Crippen LogP contribution < -0.4 is 5.11 Å². The van der Waals surface area contributed by atoms with Gasteiger partial charge in [0.15, 0.2) is 0 Å². The predicted octanol–water partition coefficient (Wildman–Crippen LogP) is 3.56. The number of carboxylic acids is 1. The van der Waals surface area contributed by atoms with Gasteiger partial charge in [-0.1, -0.05) is 62.6 Å². The molecule has 0 saturated carbocycles. The van der Waals surface area contributed by atoms with E-state index >= 15 is 0 Å². The lowest BCUT2D eigenvalue weighted by atomic mass is 10.1. The second-order valence-electron chi connectivity index (χ2n) is 6.37. The largest absolute Gasteiger partial charge is 0.550 e. The highest BCUT2D eigenvalue weighted by atomic mass is 17.1. The maximum Gasteiger partial charge on any atom is 0.111 e. The van der Waals surface area contributed by atoms with E-state index in [1.54, 1.807) is 12.2 Å². The summed E-state index contributed by atoms with van der Waals surface area (Å²) in [7, 11) is 0. The molecule has 0 bridgehead atoms. The van der Waals surface area contributed by atoms with Crippen LogP contribution in [0.15, 0.2) is 36.5 Å². The van der Waals surface area contributed by atoms with Crippen molar-refractivity contribution in [3.63, 3.8) is 0 Å². The molecule has 0 aromatic carbocycles. The lowest BCUT2D eigenvalue weighted by Crippen LogP contribution is -2.22. The van der Waals surface area contributed by atoms with Crippen molar-refractivity contribution in [1.29, 1.82) is 0 Å². The van der Waals surface area contributed by atoms with Crippen molar-refractivity contribution in [2.45, 2.75) is 83.0 Å². The van der Waals surface area contributed by atoms with Gasteiger partial charge in [-0.2, -0.15) is 0 Å². The molecule has 1 aliphatic heterocycles. The SMILES string of the molecule is CCCCC[C@@H]1O[C@@H]1C/C=C\C/C=C\C=C\[C@H](CCCC(=O)[O-])OO. The first-order valence-electron chi connectivity index (χ1n) is 9.31. The normalized spacial score (nSPS) is 21.5. The molecule has 0 aromatic rings. The molecule has 1 heterocycles. The summed E-state index contributed by atoms with van der Waals surface area (Å²) in [4.78, 5) is 14.6. The van der Waals surface area contributed by atoms with Crippen LogP contribution in [0.3, 0.4) is 0 Å². The van der Waals surface area contributed by atoms with E-state index < -0.39 is 12.1 Å². The Morgan fingerprint density at radius 1 is 1.20 bits per heavy atom. The van der Waals surface area contributed by atoms with Gasteiger partial charge >= 0.3 is 0 Å². The first kappa shape index (κ1) is 21.6. The van der Waals surface area contributed by atoms with Gasteiger partial charge in [0.2, 0.25) is 0 Å². The molecule has 1 aliphatic rings. The van der Waals surface area contributed by atoms with Crippen LogP contribution in [-0.4, -0.2) is 29.5 Å². The van der Waals surface area contributed by atoms with Crippen molar-refractivity contribution in [1.82, 2.24) is 0 Å². The lowest BCUT2D eigenvalue weighted by Gasteiger charge is -2.08. The number of epoxide rings is 1. The molecule has 142 valence electrons. The van der Waals surface area contributed by atoms with Gasteiger partial charge in [0.1, 0.15) is 6.10 Å². The average molecular weight is 351 g/mol. The van der Waals surface area contributed by atoms with Gasteiger partial charge < -0.3 is 14.6 Å². The number of aliphatic carboxylic acids is 1. The van der Waals surface area contributed by atoms with Crippen LogP contribution in [-0.2, 0) is 14.4 Å². The van der Waals surface area contributed by atoms with E-state index in [4.69, 9.17) is 9.99 Å². The van der Waals surface area contributed by atoms with Crippen molar-refractivity contribution in [2.75, 3.05) is 0 Å². The molecule has 5 nitrogen and oxygen atoms in total. The lowest BCUT2D eigenvalue weighted by molar-refractivity contribution is -0.306. The third-order valence-corrected chi connectivity index (χ3v) is 4.16. The second-order valence-corrected chi connectivity index (χ2v) is 6.37. The van der Waals surface area contributed by atoms with E-state index in [0.717, 1.165) is 12.8 Å². The van der Waals surface area contributed by atoms with Crippen molar-refractivity contribution in [3.8, 4) is 0 Å². The first-order valence-corrected chi connectivity index (χ1v) is 9.31. The van der Waals surface area contributed by atoms with Crippen molar-refractivity contribution in [3.05, 3.63) is 36.5 Å². The van der Waals surface area contributed by atoms with Gasteiger partial charge in [-0.15, -0.1) is 0 Å². The molecular formula is C20H31O5-. The molecule has 0 amide bonds. The Morgan fingerprint density at radius 2 is 2.04 bits per heavy atom.